The highest BCUT2D eigenvalue weighted by atomic mass is 16.5. The number of hydrogen-bond acceptors (Lipinski definition) is 5. The van der Waals surface area contributed by atoms with Gasteiger partial charge in [0.15, 0.2) is 5.69 Å². The fraction of sp³-hybridized carbons (Fsp3) is 0.500. The number of nitrogens with one attached hydrogen (secondary N) is 1. The van der Waals surface area contributed by atoms with E-state index in [-0.39, 0.29) is 11.3 Å². The molecule has 5 heteroatoms. The summed E-state index contributed by atoms with van der Waals surface area (Å²) in [5, 5.41) is 12.0. The molecule has 1 aromatic heterocycles. The third-order valence-electron chi connectivity index (χ3n) is 2.98. The Hall–Kier alpha value is -1.80. The highest BCUT2D eigenvalue weighted by molar-refractivity contribution is 5.54. The predicted octanol–water partition coefficient (Wildman–Crippen LogP) is 1.52. The Morgan fingerprint density at radius 1 is 1.65 bits per heavy atom. The van der Waals surface area contributed by atoms with Crippen LogP contribution >= 0.6 is 0 Å². The molecule has 0 amide bonds. The Labute approximate surface area is 101 Å². The quantitative estimate of drug-likeness (QED) is 0.825. The summed E-state index contributed by atoms with van der Waals surface area (Å²) in [4.78, 5) is 4.13. The number of nitrogens with zero attached hydrogens (tertiary/aromatic N) is 2. The van der Waals surface area contributed by atoms with Crippen LogP contribution < -0.4 is 11.1 Å². The standard InChI is InChI=1S/C12H16N4O/c1-12(5-2-6-17-12)8-15-11-4-3-9(14)10(7-13)16-11/h3-4H,2,5-6,8,14H2,1H3,(H,15,16). The number of hydrogen-bond donors (Lipinski definition) is 2. The highest BCUT2D eigenvalue weighted by Gasteiger charge is 2.29. The van der Waals surface area contributed by atoms with Gasteiger partial charge in [0.1, 0.15) is 11.9 Å². The lowest BCUT2D eigenvalue weighted by molar-refractivity contribution is 0.0315. The van der Waals surface area contributed by atoms with Crippen LogP contribution in [0.25, 0.3) is 0 Å². The minimum absolute atomic E-state index is 0.129. The molecule has 0 aliphatic carbocycles. The summed E-state index contributed by atoms with van der Waals surface area (Å²) in [7, 11) is 0. The molecule has 1 atom stereocenters. The van der Waals surface area contributed by atoms with Gasteiger partial charge in [-0.25, -0.2) is 4.98 Å². The van der Waals surface area contributed by atoms with E-state index in [2.05, 4.69) is 17.2 Å². The first-order chi connectivity index (χ1) is 8.13. The summed E-state index contributed by atoms with van der Waals surface area (Å²) in [5.74, 6) is 0.660. The van der Waals surface area contributed by atoms with Crippen LogP contribution in [-0.2, 0) is 4.74 Å². The Bertz CT molecular complexity index is 446. The van der Waals surface area contributed by atoms with E-state index in [1.807, 2.05) is 6.07 Å². The molecule has 0 saturated carbocycles. The normalized spacial score (nSPS) is 23.3. The van der Waals surface area contributed by atoms with Crippen LogP contribution in [0.1, 0.15) is 25.5 Å². The van der Waals surface area contributed by atoms with Crippen molar-refractivity contribution in [2.75, 3.05) is 24.2 Å². The molecule has 17 heavy (non-hydrogen) atoms. The lowest BCUT2D eigenvalue weighted by Gasteiger charge is -2.23. The number of pyridine rings is 1. The van der Waals surface area contributed by atoms with Crippen molar-refractivity contribution in [1.82, 2.24) is 4.98 Å². The first-order valence-electron chi connectivity index (χ1n) is 5.67. The van der Waals surface area contributed by atoms with Crippen molar-refractivity contribution in [3.63, 3.8) is 0 Å². The Morgan fingerprint density at radius 2 is 2.47 bits per heavy atom. The number of aromatic nitrogens is 1. The summed E-state index contributed by atoms with van der Waals surface area (Å²) in [6.45, 7) is 3.58. The monoisotopic (exact) mass is 232 g/mol. The predicted molar refractivity (Wildman–Crippen MR) is 65.4 cm³/mol. The minimum Gasteiger partial charge on any atom is -0.396 e. The average Bonchev–Trinajstić information content (AvgIpc) is 2.76. The van der Waals surface area contributed by atoms with Crippen LogP contribution in [-0.4, -0.2) is 23.7 Å². The number of nitriles is 1. The number of nitrogen functional groups attached to an aromatic ring is 1. The zero-order valence-corrected chi connectivity index (χ0v) is 9.86. The van der Waals surface area contributed by atoms with Gasteiger partial charge in [0, 0.05) is 13.2 Å². The van der Waals surface area contributed by atoms with Crippen molar-refractivity contribution in [3.8, 4) is 6.07 Å². The first kappa shape index (κ1) is 11.7. The number of nitrogens with two attached hydrogens (primary N) is 1. The minimum atomic E-state index is -0.129. The molecule has 1 unspecified atom stereocenters. The van der Waals surface area contributed by atoms with E-state index in [4.69, 9.17) is 15.7 Å². The van der Waals surface area contributed by atoms with Crippen LogP contribution in [0, 0.1) is 11.3 Å². The van der Waals surface area contributed by atoms with Crippen LogP contribution in [0.2, 0.25) is 0 Å². The van der Waals surface area contributed by atoms with Gasteiger partial charge < -0.3 is 15.8 Å². The SMILES string of the molecule is CC1(CNc2ccc(N)c(C#N)n2)CCCO1. The van der Waals surface area contributed by atoms with E-state index >= 15 is 0 Å². The van der Waals surface area contributed by atoms with E-state index in [1.165, 1.54) is 0 Å². The number of rotatable bonds is 3. The molecular formula is C12H16N4O. The maximum atomic E-state index is 8.83. The molecule has 1 fully saturated rings. The largest absolute Gasteiger partial charge is 0.396 e. The molecule has 0 bridgehead atoms. The van der Waals surface area contributed by atoms with E-state index in [0.717, 1.165) is 19.4 Å². The Kier molecular flexibility index (Phi) is 3.16. The Morgan fingerprint density at radius 3 is 3.12 bits per heavy atom. The van der Waals surface area contributed by atoms with Crippen molar-refractivity contribution in [1.29, 1.82) is 5.26 Å². The fourth-order valence-electron chi connectivity index (χ4n) is 1.91. The zero-order valence-electron chi connectivity index (χ0n) is 9.86. The topological polar surface area (TPSA) is 84.0 Å². The Balaban J connectivity index is 2.02. The van der Waals surface area contributed by atoms with E-state index < -0.39 is 0 Å². The summed E-state index contributed by atoms with van der Waals surface area (Å²) in [5.41, 5.74) is 6.14. The van der Waals surface area contributed by atoms with Gasteiger partial charge in [-0.15, -0.1) is 0 Å². The van der Waals surface area contributed by atoms with E-state index in [0.29, 0.717) is 18.1 Å². The lowest BCUT2D eigenvalue weighted by atomic mass is 10.0. The van der Waals surface area contributed by atoms with Gasteiger partial charge in [0.25, 0.3) is 0 Å². The lowest BCUT2D eigenvalue weighted by Crippen LogP contribution is -2.32. The van der Waals surface area contributed by atoms with Crippen molar-refractivity contribution in [2.45, 2.75) is 25.4 Å². The van der Waals surface area contributed by atoms with Crippen molar-refractivity contribution < 1.29 is 4.74 Å². The second kappa shape index (κ2) is 4.60. The molecule has 1 aromatic rings. The van der Waals surface area contributed by atoms with E-state index in [1.54, 1.807) is 12.1 Å². The van der Waals surface area contributed by atoms with Crippen LogP contribution in [0.5, 0.6) is 0 Å². The highest BCUT2D eigenvalue weighted by Crippen LogP contribution is 2.25. The molecule has 1 aliphatic rings. The summed E-state index contributed by atoms with van der Waals surface area (Å²) >= 11 is 0. The van der Waals surface area contributed by atoms with Crippen molar-refractivity contribution in [3.05, 3.63) is 17.8 Å². The van der Waals surface area contributed by atoms with Gasteiger partial charge >= 0.3 is 0 Å². The molecular weight excluding hydrogens is 216 g/mol. The molecule has 2 rings (SSSR count). The van der Waals surface area contributed by atoms with Crippen LogP contribution in [0.15, 0.2) is 12.1 Å². The second-order valence-electron chi connectivity index (χ2n) is 4.50. The first-order valence-corrected chi connectivity index (χ1v) is 5.67. The maximum Gasteiger partial charge on any atom is 0.165 e. The summed E-state index contributed by atoms with van der Waals surface area (Å²) < 4.78 is 5.66. The zero-order chi connectivity index (χ0) is 12.3. The summed E-state index contributed by atoms with van der Waals surface area (Å²) in [6, 6.07) is 5.42. The third-order valence-corrected chi connectivity index (χ3v) is 2.98. The molecule has 0 spiro atoms. The van der Waals surface area contributed by atoms with Gasteiger partial charge in [0.05, 0.1) is 11.3 Å². The van der Waals surface area contributed by atoms with E-state index in [9.17, 15) is 0 Å². The van der Waals surface area contributed by atoms with Gasteiger partial charge in [-0.2, -0.15) is 5.26 Å². The van der Waals surface area contributed by atoms with Gasteiger partial charge in [-0.3, -0.25) is 0 Å². The molecule has 0 aromatic carbocycles. The average molecular weight is 232 g/mol. The number of anilines is 2. The fourth-order valence-corrected chi connectivity index (χ4v) is 1.91. The third kappa shape index (κ3) is 2.66. The van der Waals surface area contributed by atoms with Crippen molar-refractivity contribution in [2.24, 2.45) is 0 Å². The van der Waals surface area contributed by atoms with Crippen LogP contribution in [0.3, 0.4) is 0 Å². The van der Waals surface area contributed by atoms with Crippen molar-refractivity contribution >= 4 is 11.5 Å². The van der Waals surface area contributed by atoms with Crippen LogP contribution in [0.4, 0.5) is 11.5 Å². The van der Waals surface area contributed by atoms with Gasteiger partial charge in [0.2, 0.25) is 0 Å². The van der Waals surface area contributed by atoms with Gasteiger partial charge in [-0.1, -0.05) is 0 Å². The van der Waals surface area contributed by atoms with Gasteiger partial charge in [-0.05, 0) is 31.9 Å². The molecule has 1 aliphatic heterocycles. The molecule has 90 valence electrons. The second-order valence-corrected chi connectivity index (χ2v) is 4.50. The molecule has 3 N–H and O–H groups in total. The molecule has 0 radical (unpaired) electrons. The number of ether oxygens (including phenoxy) is 1. The maximum absolute atomic E-state index is 8.83. The molecule has 1 saturated heterocycles. The smallest absolute Gasteiger partial charge is 0.165 e. The summed E-state index contributed by atoms with van der Waals surface area (Å²) in [6.07, 6.45) is 2.14. The molecule has 5 nitrogen and oxygen atoms in total. The molecule has 2 heterocycles.